The lowest BCUT2D eigenvalue weighted by molar-refractivity contribution is -0.115. The molecule has 4 aromatic rings. The summed E-state index contributed by atoms with van der Waals surface area (Å²) in [5.41, 5.74) is 3.03. The molecule has 1 heterocycles. The van der Waals surface area contributed by atoms with Crippen LogP contribution in [0.25, 0.3) is 22.0 Å². The first-order chi connectivity index (χ1) is 14.7. The highest BCUT2D eigenvalue weighted by molar-refractivity contribution is 8.00. The van der Waals surface area contributed by atoms with Gasteiger partial charge in [-0.25, -0.2) is 0 Å². The minimum absolute atomic E-state index is 0.136. The molecular formula is C24H18N4OS. The number of carbonyl (C=O) groups is 1. The second-order valence-electron chi connectivity index (χ2n) is 6.70. The molecule has 1 atom stereocenters. The number of aromatic nitrogens is 2. The van der Waals surface area contributed by atoms with Crippen LogP contribution in [-0.4, -0.2) is 21.4 Å². The van der Waals surface area contributed by atoms with Crippen LogP contribution in [0.1, 0.15) is 12.5 Å². The average Bonchev–Trinajstić information content (AvgIpc) is 2.80. The van der Waals surface area contributed by atoms with Gasteiger partial charge < -0.3 is 5.32 Å². The number of nitrogens with zero attached hydrogens (tertiary/aromatic N) is 3. The summed E-state index contributed by atoms with van der Waals surface area (Å²) < 4.78 is 0. The summed E-state index contributed by atoms with van der Waals surface area (Å²) in [4.78, 5) is 12.7. The summed E-state index contributed by atoms with van der Waals surface area (Å²) in [6, 6.07) is 26.8. The van der Waals surface area contributed by atoms with Crippen LogP contribution in [0.5, 0.6) is 0 Å². The standard InChI is InChI=1S/C24H18N4OS/c1-16(23(29)26-19-13-11-17(15-25)12-14-19)30-24-21-10-6-5-9-20(21)22(27-28-24)18-7-3-2-4-8-18/h2-14,16H,1H3,(H,26,29)/t16-/m0/s1. The molecule has 4 rings (SSSR count). The van der Waals surface area contributed by atoms with E-state index in [-0.39, 0.29) is 11.2 Å². The Balaban J connectivity index is 1.57. The Morgan fingerprint density at radius 3 is 2.30 bits per heavy atom. The zero-order chi connectivity index (χ0) is 20.9. The molecule has 1 aromatic heterocycles. The van der Waals surface area contributed by atoms with Gasteiger partial charge in [0.1, 0.15) is 10.7 Å². The molecule has 0 saturated carbocycles. The highest BCUT2D eigenvalue weighted by Crippen LogP contribution is 2.33. The van der Waals surface area contributed by atoms with E-state index in [0.717, 1.165) is 22.0 Å². The molecule has 0 bridgehead atoms. The third kappa shape index (κ3) is 4.17. The van der Waals surface area contributed by atoms with Crippen LogP contribution in [-0.2, 0) is 4.79 Å². The van der Waals surface area contributed by atoms with Crippen molar-refractivity contribution < 1.29 is 4.79 Å². The molecule has 30 heavy (non-hydrogen) atoms. The van der Waals surface area contributed by atoms with Gasteiger partial charge >= 0.3 is 0 Å². The van der Waals surface area contributed by atoms with Crippen LogP contribution in [0, 0.1) is 11.3 Å². The van der Waals surface area contributed by atoms with E-state index in [9.17, 15) is 4.79 Å². The summed E-state index contributed by atoms with van der Waals surface area (Å²) in [5.74, 6) is -0.136. The van der Waals surface area contributed by atoms with E-state index in [2.05, 4.69) is 21.6 Å². The SMILES string of the molecule is C[C@H](Sc1nnc(-c2ccccc2)c2ccccc12)C(=O)Nc1ccc(C#N)cc1. The number of hydrogen-bond acceptors (Lipinski definition) is 5. The third-order valence-electron chi connectivity index (χ3n) is 4.64. The predicted molar refractivity (Wildman–Crippen MR) is 120 cm³/mol. The summed E-state index contributed by atoms with van der Waals surface area (Å²) in [6.45, 7) is 1.84. The van der Waals surface area contributed by atoms with Crippen LogP contribution in [0.2, 0.25) is 0 Å². The number of carbonyl (C=O) groups excluding carboxylic acids is 1. The number of hydrogen-bond donors (Lipinski definition) is 1. The molecule has 146 valence electrons. The largest absolute Gasteiger partial charge is 0.325 e. The first-order valence-corrected chi connectivity index (χ1v) is 10.3. The molecule has 3 aromatic carbocycles. The summed E-state index contributed by atoms with van der Waals surface area (Å²) >= 11 is 1.37. The van der Waals surface area contributed by atoms with Gasteiger partial charge in [-0.1, -0.05) is 66.4 Å². The lowest BCUT2D eigenvalue weighted by Gasteiger charge is -2.14. The molecule has 1 amide bonds. The minimum atomic E-state index is -0.374. The van der Waals surface area contributed by atoms with Gasteiger partial charge in [0.2, 0.25) is 5.91 Å². The highest BCUT2D eigenvalue weighted by Gasteiger charge is 2.19. The molecule has 0 aliphatic carbocycles. The maximum Gasteiger partial charge on any atom is 0.237 e. The van der Waals surface area contributed by atoms with Crippen molar-refractivity contribution in [3.05, 3.63) is 84.4 Å². The Morgan fingerprint density at radius 1 is 0.933 bits per heavy atom. The monoisotopic (exact) mass is 410 g/mol. The zero-order valence-electron chi connectivity index (χ0n) is 16.2. The molecule has 6 heteroatoms. The zero-order valence-corrected chi connectivity index (χ0v) is 17.1. The maximum absolute atomic E-state index is 12.7. The fourth-order valence-electron chi connectivity index (χ4n) is 3.07. The van der Waals surface area contributed by atoms with Crippen molar-refractivity contribution in [3.8, 4) is 17.3 Å². The van der Waals surface area contributed by atoms with Gasteiger partial charge in [-0.15, -0.1) is 10.2 Å². The fourth-order valence-corrected chi connectivity index (χ4v) is 3.96. The van der Waals surface area contributed by atoms with Gasteiger partial charge in [0.05, 0.1) is 16.9 Å². The van der Waals surface area contributed by atoms with Gasteiger partial charge in [0, 0.05) is 22.0 Å². The summed E-state index contributed by atoms with van der Waals surface area (Å²) in [6.07, 6.45) is 0. The third-order valence-corrected chi connectivity index (χ3v) is 5.73. The van der Waals surface area contributed by atoms with Crippen LogP contribution in [0.3, 0.4) is 0 Å². The predicted octanol–water partition coefficient (Wildman–Crippen LogP) is 5.29. The Kier molecular flexibility index (Phi) is 5.73. The van der Waals surface area contributed by atoms with Gasteiger partial charge in [-0.2, -0.15) is 5.26 Å². The molecule has 0 fully saturated rings. The number of benzene rings is 3. The van der Waals surface area contributed by atoms with E-state index in [4.69, 9.17) is 5.26 Å². The van der Waals surface area contributed by atoms with E-state index >= 15 is 0 Å². The second kappa shape index (κ2) is 8.76. The number of nitriles is 1. The van der Waals surface area contributed by atoms with Crippen LogP contribution in [0.4, 0.5) is 5.69 Å². The van der Waals surface area contributed by atoms with Gasteiger partial charge in [-0.05, 0) is 31.2 Å². The molecule has 0 radical (unpaired) electrons. The van der Waals surface area contributed by atoms with Crippen molar-refractivity contribution in [3.63, 3.8) is 0 Å². The fraction of sp³-hybridized carbons (Fsp3) is 0.0833. The average molecular weight is 411 g/mol. The first-order valence-electron chi connectivity index (χ1n) is 9.44. The lowest BCUT2D eigenvalue weighted by atomic mass is 10.1. The van der Waals surface area contributed by atoms with E-state index in [1.807, 2.05) is 61.5 Å². The quantitative estimate of drug-likeness (QED) is 0.452. The molecule has 0 saturated heterocycles. The smallest absolute Gasteiger partial charge is 0.237 e. The molecule has 0 spiro atoms. The first kappa shape index (κ1) is 19.6. The van der Waals surface area contributed by atoms with Crippen LogP contribution in [0.15, 0.2) is 83.9 Å². The molecule has 5 nitrogen and oxygen atoms in total. The number of anilines is 1. The van der Waals surface area contributed by atoms with E-state index in [1.165, 1.54) is 11.8 Å². The van der Waals surface area contributed by atoms with E-state index in [1.54, 1.807) is 24.3 Å². The Bertz CT molecular complexity index is 1230. The maximum atomic E-state index is 12.7. The summed E-state index contributed by atoms with van der Waals surface area (Å²) in [7, 11) is 0. The van der Waals surface area contributed by atoms with Gasteiger partial charge in [0.15, 0.2) is 0 Å². The molecule has 0 aliphatic rings. The number of fused-ring (bicyclic) bond motifs is 1. The van der Waals surface area contributed by atoms with Gasteiger partial charge in [-0.3, -0.25) is 4.79 Å². The van der Waals surface area contributed by atoms with Crippen molar-refractivity contribution in [2.75, 3.05) is 5.32 Å². The molecular weight excluding hydrogens is 392 g/mol. The molecule has 0 aliphatic heterocycles. The number of amides is 1. The second-order valence-corrected chi connectivity index (χ2v) is 8.03. The van der Waals surface area contributed by atoms with E-state index in [0.29, 0.717) is 16.3 Å². The van der Waals surface area contributed by atoms with Gasteiger partial charge in [0.25, 0.3) is 0 Å². The minimum Gasteiger partial charge on any atom is -0.325 e. The van der Waals surface area contributed by atoms with Crippen molar-refractivity contribution >= 4 is 34.1 Å². The normalized spacial score (nSPS) is 11.6. The van der Waals surface area contributed by atoms with Crippen molar-refractivity contribution in [2.45, 2.75) is 17.2 Å². The highest BCUT2D eigenvalue weighted by atomic mass is 32.2. The lowest BCUT2D eigenvalue weighted by Crippen LogP contribution is -2.22. The Hall–Kier alpha value is -3.69. The summed E-state index contributed by atoms with van der Waals surface area (Å²) in [5, 5.41) is 23.0. The van der Waals surface area contributed by atoms with Crippen LogP contribution >= 0.6 is 11.8 Å². The number of thioether (sulfide) groups is 1. The van der Waals surface area contributed by atoms with Crippen molar-refractivity contribution in [2.24, 2.45) is 0 Å². The molecule has 0 unspecified atom stereocenters. The van der Waals surface area contributed by atoms with Crippen molar-refractivity contribution in [1.29, 1.82) is 5.26 Å². The van der Waals surface area contributed by atoms with E-state index < -0.39 is 0 Å². The van der Waals surface area contributed by atoms with Crippen molar-refractivity contribution in [1.82, 2.24) is 10.2 Å². The Morgan fingerprint density at radius 2 is 1.60 bits per heavy atom. The number of rotatable bonds is 5. The van der Waals surface area contributed by atoms with Crippen LogP contribution < -0.4 is 5.32 Å². The molecule has 1 N–H and O–H groups in total. The Labute approximate surface area is 178 Å². The number of nitrogens with one attached hydrogen (secondary N) is 1. The topological polar surface area (TPSA) is 78.7 Å².